The van der Waals surface area contributed by atoms with Gasteiger partial charge in [-0.05, 0) is 56.2 Å². The number of amides is 1. The van der Waals surface area contributed by atoms with Gasteiger partial charge in [0, 0.05) is 76.1 Å². The molecule has 3 aliphatic rings. The smallest absolute Gasteiger partial charge is 0.288 e. The van der Waals surface area contributed by atoms with Crippen LogP contribution in [0.15, 0.2) is 65.2 Å². The fourth-order valence-electron chi connectivity index (χ4n) is 6.91. The number of ether oxygens (including phenoxy) is 6. The standard InChI is InChI=1S/C37H48N4O9/c1-4-47-37-29(12-18-45-20-21-46-19-17-42)30(34-26(2)38(3)41(36(34)44)28-8-6-5-7-9-28)23-33(50-37)35(43)40-15-13-39(14-16-40)24-27-10-11-31-32(22-27)49-25-48-31/h5-11,22-23,29-30,37,42H,4,12-21,24-25H2,1-3H3/t29-,30-,37+/m0/s1. The number of hydrogen-bond donors (Lipinski definition) is 1. The molecule has 6 rings (SSSR count). The van der Waals surface area contributed by atoms with Crippen molar-refractivity contribution >= 4 is 5.91 Å². The molecule has 0 bridgehead atoms. The summed E-state index contributed by atoms with van der Waals surface area (Å²) in [6, 6.07) is 15.5. The van der Waals surface area contributed by atoms with Gasteiger partial charge in [-0.2, -0.15) is 0 Å². The van der Waals surface area contributed by atoms with Crippen molar-refractivity contribution in [3.8, 4) is 17.2 Å². The van der Waals surface area contributed by atoms with E-state index in [-0.39, 0.29) is 43.2 Å². The van der Waals surface area contributed by atoms with Gasteiger partial charge in [0.15, 0.2) is 17.3 Å². The van der Waals surface area contributed by atoms with Gasteiger partial charge >= 0.3 is 0 Å². The minimum atomic E-state index is -0.764. The molecule has 1 fully saturated rings. The molecule has 3 aliphatic heterocycles. The first-order chi connectivity index (χ1) is 24.4. The van der Waals surface area contributed by atoms with E-state index in [9.17, 15) is 9.59 Å². The molecular weight excluding hydrogens is 644 g/mol. The first-order valence-electron chi connectivity index (χ1n) is 17.4. The highest BCUT2D eigenvalue weighted by Gasteiger charge is 2.42. The van der Waals surface area contributed by atoms with E-state index in [1.165, 1.54) is 0 Å². The summed E-state index contributed by atoms with van der Waals surface area (Å²) in [7, 11) is 1.87. The summed E-state index contributed by atoms with van der Waals surface area (Å²) in [6.07, 6.45) is 1.58. The van der Waals surface area contributed by atoms with Gasteiger partial charge in [0.1, 0.15) is 0 Å². The molecule has 13 nitrogen and oxygen atoms in total. The van der Waals surface area contributed by atoms with Crippen LogP contribution in [0.5, 0.6) is 11.5 Å². The Labute approximate surface area is 292 Å². The molecule has 0 spiro atoms. The molecule has 1 N–H and O–H groups in total. The predicted octanol–water partition coefficient (Wildman–Crippen LogP) is 2.95. The zero-order valence-corrected chi connectivity index (χ0v) is 29.1. The minimum Gasteiger partial charge on any atom is -0.459 e. The van der Waals surface area contributed by atoms with E-state index in [1.807, 2.05) is 85.1 Å². The van der Waals surface area contributed by atoms with Crippen LogP contribution in [-0.2, 0) is 37.3 Å². The summed E-state index contributed by atoms with van der Waals surface area (Å²) < 4.78 is 38.2. The normalized spacial score (nSPS) is 20.5. The molecule has 13 heteroatoms. The van der Waals surface area contributed by atoms with Crippen LogP contribution >= 0.6 is 0 Å². The number of piperazine rings is 1. The quantitative estimate of drug-likeness (QED) is 0.238. The van der Waals surface area contributed by atoms with E-state index in [1.54, 1.807) is 4.68 Å². The van der Waals surface area contributed by atoms with E-state index < -0.39 is 12.2 Å². The number of nitrogens with zero attached hydrogens (tertiary/aromatic N) is 4. The molecule has 1 amide bonds. The topological polar surface area (TPSA) is 126 Å². The van der Waals surface area contributed by atoms with E-state index in [0.717, 1.165) is 35.0 Å². The highest BCUT2D eigenvalue weighted by Crippen LogP contribution is 2.40. The maximum absolute atomic E-state index is 14.3. The summed E-state index contributed by atoms with van der Waals surface area (Å²) >= 11 is 0. The number of aromatic nitrogens is 2. The number of carbonyl (C=O) groups excluding carboxylic acids is 1. The van der Waals surface area contributed by atoms with Crippen molar-refractivity contribution in [2.75, 3.05) is 72.6 Å². The average molecular weight is 693 g/mol. The van der Waals surface area contributed by atoms with Crippen molar-refractivity contribution in [3.05, 3.63) is 87.5 Å². The number of para-hydroxylation sites is 1. The molecule has 0 aliphatic carbocycles. The molecule has 1 saturated heterocycles. The van der Waals surface area contributed by atoms with Crippen molar-refractivity contribution in [1.29, 1.82) is 0 Å². The van der Waals surface area contributed by atoms with Gasteiger partial charge in [0.2, 0.25) is 13.1 Å². The lowest BCUT2D eigenvalue weighted by atomic mass is 9.81. The highest BCUT2D eigenvalue weighted by atomic mass is 16.7. The third-order valence-corrected chi connectivity index (χ3v) is 9.56. The lowest BCUT2D eigenvalue weighted by Gasteiger charge is -2.39. The number of carbonyl (C=O) groups is 1. The van der Waals surface area contributed by atoms with Crippen molar-refractivity contribution in [2.24, 2.45) is 13.0 Å². The molecule has 0 saturated carbocycles. The Balaban J connectivity index is 1.23. The molecule has 50 heavy (non-hydrogen) atoms. The number of fused-ring (bicyclic) bond motifs is 1. The Bertz CT molecular complexity index is 1680. The van der Waals surface area contributed by atoms with Gasteiger partial charge in [-0.15, -0.1) is 0 Å². The highest BCUT2D eigenvalue weighted by molar-refractivity contribution is 5.92. The van der Waals surface area contributed by atoms with Gasteiger partial charge < -0.3 is 38.4 Å². The molecule has 3 aromatic rings. The van der Waals surface area contributed by atoms with Gasteiger partial charge in [0.25, 0.3) is 11.5 Å². The Morgan fingerprint density at radius 3 is 2.44 bits per heavy atom. The fraction of sp³-hybridized carbons (Fsp3) is 0.514. The van der Waals surface area contributed by atoms with E-state index in [4.69, 9.17) is 33.5 Å². The molecule has 1 aromatic heterocycles. The molecule has 3 atom stereocenters. The van der Waals surface area contributed by atoms with Crippen LogP contribution in [0.4, 0.5) is 0 Å². The second-order valence-corrected chi connectivity index (χ2v) is 12.6. The largest absolute Gasteiger partial charge is 0.459 e. The van der Waals surface area contributed by atoms with Crippen LogP contribution in [-0.4, -0.2) is 109 Å². The second kappa shape index (κ2) is 16.7. The molecule has 2 aromatic carbocycles. The number of aliphatic hydroxyl groups excluding tert-OH is 1. The van der Waals surface area contributed by atoms with Crippen LogP contribution in [0.3, 0.4) is 0 Å². The number of aliphatic hydroxyl groups is 1. The number of allylic oxidation sites excluding steroid dienone is 1. The van der Waals surface area contributed by atoms with Crippen LogP contribution < -0.4 is 15.0 Å². The van der Waals surface area contributed by atoms with Crippen molar-refractivity contribution in [3.63, 3.8) is 0 Å². The average Bonchev–Trinajstić information content (AvgIpc) is 3.69. The number of hydrogen-bond acceptors (Lipinski definition) is 10. The van der Waals surface area contributed by atoms with E-state index in [0.29, 0.717) is 64.6 Å². The third-order valence-electron chi connectivity index (χ3n) is 9.56. The summed E-state index contributed by atoms with van der Waals surface area (Å²) in [6.45, 7) is 8.96. The van der Waals surface area contributed by atoms with Crippen molar-refractivity contribution in [1.82, 2.24) is 19.2 Å². The molecular formula is C37H48N4O9. The van der Waals surface area contributed by atoms with Gasteiger partial charge in [0.05, 0.1) is 32.1 Å². The lowest BCUT2D eigenvalue weighted by Crippen LogP contribution is -2.50. The van der Waals surface area contributed by atoms with E-state index >= 15 is 0 Å². The Kier molecular flexibility index (Phi) is 11.9. The molecule has 4 heterocycles. The van der Waals surface area contributed by atoms with Gasteiger partial charge in [-0.25, -0.2) is 4.68 Å². The molecule has 0 radical (unpaired) electrons. The van der Waals surface area contributed by atoms with Gasteiger partial charge in [-0.1, -0.05) is 24.3 Å². The summed E-state index contributed by atoms with van der Waals surface area (Å²) in [5, 5.41) is 8.97. The first kappa shape index (κ1) is 35.7. The van der Waals surface area contributed by atoms with Crippen LogP contribution in [0.2, 0.25) is 0 Å². The first-order valence-corrected chi connectivity index (χ1v) is 17.4. The Morgan fingerprint density at radius 1 is 0.960 bits per heavy atom. The van der Waals surface area contributed by atoms with Crippen molar-refractivity contribution < 1.29 is 38.3 Å². The SMILES string of the molecule is CCO[C@@H]1OC(C(=O)N2CCN(Cc3ccc4c(c3)OCO4)CC2)=C[C@H](c2c(C)n(C)n(-c3ccccc3)c2=O)[C@@H]1CCOCCOCCO. The lowest BCUT2D eigenvalue weighted by molar-refractivity contribution is -0.172. The summed E-state index contributed by atoms with van der Waals surface area (Å²) in [4.78, 5) is 32.5. The fourth-order valence-corrected chi connectivity index (χ4v) is 6.91. The summed E-state index contributed by atoms with van der Waals surface area (Å²) in [5.41, 5.74) is 3.12. The molecule has 270 valence electrons. The van der Waals surface area contributed by atoms with Crippen LogP contribution in [0.1, 0.15) is 36.1 Å². The predicted molar refractivity (Wildman–Crippen MR) is 184 cm³/mol. The Hall–Kier alpha value is -4.14. The van der Waals surface area contributed by atoms with Gasteiger partial charge in [-0.3, -0.25) is 19.2 Å². The maximum atomic E-state index is 14.3. The van der Waals surface area contributed by atoms with E-state index in [2.05, 4.69) is 4.90 Å². The summed E-state index contributed by atoms with van der Waals surface area (Å²) in [5.74, 6) is 0.733. The van der Waals surface area contributed by atoms with Crippen LogP contribution in [0.25, 0.3) is 5.69 Å². The number of rotatable bonds is 15. The van der Waals surface area contributed by atoms with Crippen LogP contribution in [0, 0.1) is 12.8 Å². The second-order valence-electron chi connectivity index (χ2n) is 12.6. The maximum Gasteiger partial charge on any atom is 0.288 e. The molecule has 0 unspecified atom stereocenters. The third kappa shape index (κ3) is 7.92. The monoisotopic (exact) mass is 692 g/mol. The number of benzene rings is 2. The van der Waals surface area contributed by atoms with Crippen molar-refractivity contribution in [2.45, 2.75) is 39.0 Å². The zero-order chi connectivity index (χ0) is 35.0. The minimum absolute atomic E-state index is 0.0433. The Morgan fingerprint density at radius 2 is 1.70 bits per heavy atom. The zero-order valence-electron chi connectivity index (χ0n) is 29.1.